The minimum Gasteiger partial charge on any atom is -0.383 e. The number of nitrogens with zero attached hydrogens (tertiary/aromatic N) is 1. The van der Waals surface area contributed by atoms with Crippen molar-refractivity contribution in [3.63, 3.8) is 0 Å². The number of rotatable bonds is 6. The first kappa shape index (κ1) is 16.7. The fourth-order valence-electron chi connectivity index (χ4n) is 2.48. The Morgan fingerprint density at radius 3 is 2.00 bits per heavy atom. The average Bonchev–Trinajstić information content (AvgIpc) is 2.70. The van der Waals surface area contributed by atoms with Crippen LogP contribution in [0.15, 0.2) is 102 Å². The fourth-order valence-corrected chi connectivity index (χ4v) is 2.48. The molecule has 3 rings (SSSR count). The zero-order valence-electron chi connectivity index (χ0n) is 14.2. The Labute approximate surface area is 149 Å². The summed E-state index contributed by atoms with van der Waals surface area (Å²) in [6, 6.07) is 30.4. The van der Waals surface area contributed by atoms with E-state index in [0.717, 1.165) is 22.4 Å². The zero-order chi connectivity index (χ0) is 17.3. The number of benzene rings is 3. The van der Waals surface area contributed by atoms with E-state index in [-0.39, 0.29) is 6.10 Å². The number of hydrogen-bond acceptors (Lipinski definition) is 2. The monoisotopic (exact) mass is 327 g/mol. The molecule has 0 aliphatic rings. The lowest BCUT2D eigenvalue weighted by atomic mass is 10.1. The summed E-state index contributed by atoms with van der Waals surface area (Å²) in [5.41, 5.74) is 4.12. The third-order valence-corrected chi connectivity index (χ3v) is 3.89. The first-order chi connectivity index (χ1) is 12.3. The largest absolute Gasteiger partial charge is 0.383 e. The van der Waals surface area contributed by atoms with Gasteiger partial charge in [0.15, 0.2) is 6.10 Å². The highest BCUT2D eigenvalue weighted by Gasteiger charge is 2.09. The van der Waals surface area contributed by atoms with Crippen LogP contribution in [0.25, 0.3) is 6.08 Å². The second-order valence-electron chi connectivity index (χ2n) is 5.75. The van der Waals surface area contributed by atoms with E-state index in [0.29, 0.717) is 0 Å². The summed E-state index contributed by atoms with van der Waals surface area (Å²) < 4.78 is 0. The first-order valence-corrected chi connectivity index (χ1v) is 8.37. The molecule has 25 heavy (non-hydrogen) atoms. The normalized spacial score (nSPS) is 12.9. The van der Waals surface area contributed by atoms with Gasteiger partial charge >= 0.3 is 0 Å². The molecule has 0 radical (unpaired) electrons. The molecule has 0 heterocycles. The molecule has 3 aromatic rings. The minimum atomic E-state index is -0.236. The maximum atomic E-state index is 5.87. The van der Waals surface area contributed by atoms with Crippen molar-refractivity contribution in [2.45, 2.75) is 13.0 Å². The third-order valence-electron chi connectivity index (χ3n) is 3.89. The van der Waals surface area contributed by atoms with Crippen molar-refractivity contribution in [1.82, 2.24) is 0 Å². The Bertz CT molecular complexity index is 824. The van der Waals surface area contributed by atoms with Crippen LogP contribution in [0.3, 0.4) is 0 Å². The van der Waals surface area contributed by atoms with E-state index in [9.17, 15) is 0 Å². The minimum absolute atomic E-state index is 0.236. The lowest BCUT2D eigenvalue weighted by Crippen LogP contribution is -2.01. The molecule has 0 aliphatic carbocycles. The molecule has 0 aromatic heterocycles. The maximum Gasteiger partial charge on any atom is 0.171 e. The van der Waals surface area contributed by atoms with E-state index < -0.39 is 0 Å². The molecule has 0 amide bonds. The van der Waals surface area contributed by atoms with Crippen molar-refractivity contribution in [2.24, 2.45) is 5.16 Å². The van der Waals surface area contributed by atoms with Crippen molar-refractivity contribution in [3.8, 4) is 0 Å². The van der Waals surface area contributed by atoms with Crippen LogP contribution in [0.2, 0.25) is 0 Å². The summed E-state index contributed by atoms with van der Waals surface area (Å²) in [6.07, 6.45) is 3.86. The molecule has 0 fully saturated rings. The van der Waals surface area contributed by atoms with Gasteiger partial charge in [0.25, 0.3) is 0 Å². The molecular formula is C23H21NO. The van der Waals surface area contributed by atoms with Crippen LogP contribution in [0.5, 0.6) is 0 Å². The lowest BCUT2D eigenvalue weighted by molar-refractivity contribution is 0.0934. The van der Waals surface area contributed by atoms with E-state index in [1.165, 1.54) is 0 Å². The Morgan fingerprint density at radius 2 is 1.36 bits per heavy atom. The van der Waals surface area contributed by atoms with E-state index in [1.807, 2.05) is 91.9 Å². The summed E-state index contributed by atoms with van der Waals surface area (Å²) in [5.74, 6) is 0. The van der Waals surface area contributed by atoms with Gasteiger partial charge in [0, 0.05) is 0 Å². The quantitative estimate of drug-likeness (QED) is 0.409. The molecule has 1 unspecified atom stereocenters. The van der Waals surface area contributed by atoms with Crippen LogP contribution >= 0.6 is 0 Å². The molecule has 0 saturated carbocycles. The molecule has 0 aliphatic heterocycles. The van der Waals surface area contributed by atoms with Crippen LogP contribution in [-0.2, 0) is 4.84 Å². The second kappa shape index (κ2) is 8.65. The van der Waals surface area contributed by atoms with E-state index in [4.69, 9.17) is 4.84 Å². The summed E-state index contributed by atoms with van der Waals surface area (Å²) in [6.45, 7) is 1.96. The predicted molar refractivity (Wildman–Crippen MR) is 104 cm³/mol. The highest BCUT2D eigenvalue weighted by molar-refractivity contribution is 5.98. The number of hydrogen-bond donors (Lipinski definition) is 0. The average molecular weight is 327 g/mol. The van der Waals surface area contributed by atoms with Gasteiger partial charge in [0.1, 0.15) is 0 Å². The van der Waals surface area contributed by atoms with Gasteiger partial charge in [-0.25, -0.2) is 0 Å². The third kappa shape index (κ3) is 4.92. The topological polar surface area (TPSA) is 21.6 Å². The van der Waals surface area contributed by atoms with Gasteiger partial charge in [0.2, 0.25) is 0 Å². The molecule has 2 nitrogen and oxygen atoms in total. The molecule has 0 bridgehead atoms. The lowest BCUT2D eigenvalue weighted by Gasteiger charge is -2.12. The van der Waals surface area contributed by atoms with Gasteiger partial charge in [-0.15, -0.1) is 0 Å². The second-order valence-corrected chi connectivity index (χ2v) is 5.75. The molecule has 0 spiro atoms. The Morgan fingerprint density at radius 1 is 0.800 bits per heavy atom. The standard InChI is InChI=1S/C23H21NO/c1-19(21-13-7-3-8-14-21)24-25-23(22-15-9-4-10-16-22)18-17-20-11-5-2-6-12-20/h2-18,23H,1H3/b18-17+,24-19+. The van der Waals surface area contributed by atoms with Crippen LogP contribution in [0.1, 0.15) is 29.7 Å². The SMILES string of the molecule is C/C(=N\OC(/C=C/c1ccccc1)c1ccccc1)c1ccccc1. The molecule has 0 saturated heterocycles. The summed E-state index contributed by atoms with van der Waals surface area (Å²) in [7, 11) is 0. The number of oxime groups is 1. The predicted octanol–water partition coefficient (Wildman–Crippen LogP) is 5.88. The van der Waals surface area contributed by atoms with Crippen LogP contribution in [-0.4, -0.2) is 5.71 Å². The van der Waals surface area contributed by atoms with Crippen LogP contribution in [0.4, 0.5) is 0 Å². The van der Waals surface area contributed by atoms with Gasteiger partial charge in [-0.3, -0.25) is 0 Å². The van der Waals surface area contributed by atoms with Gasteiger partial charge in [-0.1, -0.05) is 102 Å². The molecule has 1 atom stereocenters. The van der Waals surface area contributed by atoms with E-state index >= 15 is 0 Å². The van der Waals surface area contributed by atoms with Crippen LogP contribution < -0.4 is 0 Å². The first-order valence-electron chi connectivity index (χ1n) is 8.37. The van der Waals surface area contributed by atoms with Gasteiger partial charge in [0.05, 0.1) is 5.71 Å². The molecular weight excluding hydrogens is 306 g/mol. The fraction of sp³-hybridized carbons (Fsp3) is 0.0870. The zero-order valence-corrected chi connectivity index (χ0v) is 14.2. The van der Waals surface area contributed by atoms with Crippen molar-refractivity contribution in [1.29, 1.82) is 0 Å². The smallest absolute Gasteiger partial charge is 0.171 e. The van der Waals surface area contributed by atoms with E-state index in [2.05, 4.69) is 23.4 Å². The Kier molecular flexibility index (Phi) is 5.78. The molecule has 3 aromatic carbocycles. The molecule has 124 valence electrons. The van der Waals surface area contributed by atoms with Gasteiger partial charge in [-0.2, -0.15) is 0 Å². The molecule has 2 heteroatoms. The molecule has 0 N–H and O–H groups in total. The Hall–Kier alpha value is -3.13. The van der Waals surface area contributed by atoms with Crippen molar-refractivity contribution < 1.29 is 4.84 Å². The van der Waals surface area contributed by atoms with Crippen molar-refractivity contribution in [2.75, 3.05) is 0 Å². The summed E-state index contributed by atoms with van der Waals surface area (Å²) in [4.78, 5) is 5.87. The summed E-state index contributed by atoms with van der Waals surface area (Å²) in [5, 5.41) is 4.35. The highest BCUT2D eigenvalue weighted by atomic mass is 16.6. The van der Waals surface area contributed by atoms with Crippen LogP contribution in [0, 0.1) is 0 Å². The van der Waals surface area contributed by atoms with Gasteiger partial charge in [-0.05, 0) is 29.7 Å². The maximum absolute atomic E-state index is 5.87. The van der Waals surface area contributed by atoms with Gasteiger partial charge < -0.3 is 4.84 Å². The van der Waals surface area contributed by atoms with Crippen molar-refractivity contribution >= 4 is 11.8 Å². The highest BCUT2D eigenvalue weighted by Crippen LogP contribution is 2.21. The van der Waals surface area contributed by atoms with Crippen molar-refractivity contribution in [3.05, 3.63) is 114 Å². The Balaban J connectivity index is 1.81. The summed E-state index contributed by atoms with van der Waals surface area (Å²) >= 11 is 0. The van der Waals surface area contributed by atoms with E-state index in [1.54, 1.807) is 0 Å².